The summed E-state index contributed by atoms with van der Waals surface area (Å²) in [7, 11) is 1.58. The molecule has 1 atom stereocenters. The van der Waals surface area contributed by atoms with E-state index in [1.54, 1.807) is 19.2 Å². The predicted octanol–water partition coefficient (Wildman–Crippen LogP) is 2.24. The summed E-state index contributed by atoms with van der Waals surface area (Å²) in [5.41, 5.74) is 2.00. The second kappa shape index (κ2) is 9.72. The van der Waals surface area contributed by atoms with Crippen molar-refractivity contribution in [2.45, 2.75) is 25.4 Å². The summed E-state index contributed by atoms with van der Waals surface area (Å²) < 4.78 is 5.13. The molecule has 2 fully saturated rings. The summed E-state index contributed by atoms with van der Waals surface area (Å²) in [6.07, 6.45) is 0.541. The number of rotatable bonds is 7. The Bertz CT molecular complexity index is 956. The van der Waals surface area contributed by atoms with Crippen LogP contribution in [0.2, 0.25) is 0 Å². The molecule has 0 radical (unpaired) electrons. The van der Waals surface area contributed by atoms with Crippen molar-refractivity contribution in [1.82, 2.24) is 15.1 Å². The molecule has 0 saturated carbocycles. The fourth-order valence-electron chi connectivity index (χ4n) is 4.11. The van der Waals surface area contributed by atoms with Crippen LogP contribution in [0.5, 0.6) is 5.75 Å². The monoisotopic (exact) mass is 436 g/mol. The number of hydrogen-bond acceptors (Lipinski definition) is 5. The van der Waals surface area contributed by atoms with Gasteiger partial charge in [0, 0.05) is 38.3 Å². The molecular formula is C24H28N4O4. The smallest absolute Gasteiger partial charge is 0.325 e. The van der Waals surface area contributed by atoms with E-state index in [0.717, 1.165) is 24.3 Å². The van der Waals surface area contributed by atoms with E-state index in [0.29, 0.717) is 25.3 Å². The van der Waals surface area contributed by atoms with Gasteiger partial charge in [0.25, 0.3) is 5.91 Å². The van der Waals surface area contributed by atoms with Crippen molar-refractivity contribution in [2.75, 3.05) is 38.2 Å². The molecule has 32 heavy (non-hydrogen) atoms. The Balaban J connectivity index is 1.25. The number of nitrogens with zero attached hydrogens (tertiary/aromatic N) is 3. The molecule has 1 N–H and O–H groups in total. The fraction of sp³-hybridized carbons (Fsp3) is 0.375. The van der Waals surface area contributed by atoms with Gasteiger partial charge in [0.1, 0.15) is 11.8 Å². The van der Waals surface area contributed by atoms with Gasteiger partial charge in [-0.05, 0) is 36.2 Å². The maximum atomic E-state index is 12.7. The number of carbonyl (C=O) groups is 3. The van der Waals surface area contributed by atoms with E-state index in [1.807, 2.05) is 35.2 Å². The highest BCUT2D eigenvalue weighted by Crippen LogP contribution is 2.19. The van der Waals surface area contributed by atoms with Crippen LogP contribution in [0.15, 0.2) is 54.6 Å². The summed E-state index contributed by atoms with van der Waals surface area (Å²) in [4.78, 5) is 43.0. The molecule has 0 aromatic heterocycles. The maximum Gasteiger partial charge on any atom is 0.325 e. The SMILES string of the molecule is COc1ccc(CN2C(=O)N[C@H](CCC(=O)N3CCN(c4ccccc4)CC3)C2=O)cc1. The van der Waals surface area contributed by atoms with Gasteiger partial charge in [-0.25, -0.2) is 4.79 Å². The lowest BCUT2D eigenvalue weighted by molar-refractivity contribution is -0.132. The zero-order chi connectivity index (χ0) is 22.5. The van der Waals surface area contributed by atoms with Crippen LogP contribution >= 0.6 is 0 Å². The molecule has 0 spiro atoms. The molecule has 2 aromatic rings. The lowest BCUT2D eigenvalue weighted by Crippen LogP contribution is -2.49. The minimum absolute atomic E-state index is 0.0216. The molecule has 4 rings (SSSR count). The Morgan fingerprint density at radius 1 is 1.00 bits per heavy atom. The molecule has 2 saturated heterocycles. The van der Waals surface area contributed by atoms with Crippen molar-refractivity contribution >= 4 is 23.5 Å². The lowest BCUT2D eigenvalue weighted by Gasteiger charge is -2.36. The minimum atomic E-state index is -0.657. The zero-order valence-corrected chi connectivity index (χ0v) is 18.2. The first kappa shape index (κ1) is 21.7. The van der Waals surface area contributed by atoms with Gasteiger partial charge in [0.05, 0.1) is 13.7 Å². The third kappa shape index (κ3) is 4.85. The van der Waals surface area contributed by atoms with Gasteiger partial charge < -0.3 is 19.9 Å². The van der Waals surface area contributed by atoms with Crippen LogP contribution in [0.1, 0.15) is 18.4 Å². The highest BCUT2D eigenvalue weighted by molar-refractivity contribution is 6.04. The largest absolute Gasteiger partial charge is 0.497 e. The summed E-state index contributed by atoms with van der Waals surface area (Å²) in [5, 5.41) is 2.72. The first-order chi connectivity index (χ1) is 15.5. The number of amides is 4. The number of methoxy groups -OCH3 is 1. The summed E-state index contributed by atoms with van der Waals surface area (Å²) in [6, 6.07) is 16.3. The molecule has 2 aliphatic heterocycles. The van der Waals surface area contributed by atoms with Gasteiger partial charge in [-0.2, -0.15) is 0 Å². The van der Waals surface area contributed by atoms with Crippen molar-refractivity contribution < 1.29 is 19.1 Å². The van der Waals surface area contributed by atoms with E-state index in [4.69, 9.17) is 4.74 Å². The van der Waals surface area contributed by atoms with Gasteiger partial charge >= 0.3 is 6.03 Å². The van der Waals surface area contributed by atoms with Gasteiger partial charge in [0.15, 0.2) is 0 Å². The van der Waals surface area contributed by atoms with Gasteiger partial charge in [-0.15, -0.1) is 0 Å². The Kier molecular flexibility index (Phi) is 6.58. The predicted molar refractivity (Wildman–Crippen MR) is 120 cm³/mol. The molecule has 8 heteroatoms. The third-order valence-corrected chi connectivity index (χ3v) is 6.01. The van der Waals surface area contributed by atoms with E-state index >= 15 is 0 Å². The number of hydrogen-bond donors (Lipinski definition) is 1. The molecule has 8 nitrogen and oxygen atoms in total. The number of benzene rings is 2. The number of piperazine rings is 1. The molecular weight excluding hydrogens is 408 g/mol. The molecule has 0 aliphatic carbocycles. The maximum absolute atomic E-state index is 12.7. The summed E-state index contributed by atoms with van der Waals surface area (Å²) in [6.45, 7) is 3.07. The van der Waals surface area contributed by atoms with Crippen molar-refractivity contribution in [3.63, 3.8) is 0 Å². The average molecular weight is 437 g/mol. The van der Waals surface area contributed by atoms with Crippen molar-refractivity contribution in [1.29, 1.82) is 0 Å². The number of anilines is 1. The third-order valence-electron chi connectivity index (χ3n) is 6.01. The fourth-order valence-corrected chi connectivity index (χ4v) is 4.11. The molecule has 0 unspecified atom stereocenters. The number of urea groups is 1. The highest BCUT2D eigenvalue weighted by Gasteiger charge is 2.38. The van der Waals surface area contributed by atoms with E-state index < -0.39 is 12.1 Å². The summed E-state index contributed by atoms with van der Waals surface area (Å²) in [5.74, 6) is 0.452. The second-order valence-corrected chi connectivity index (χ2v) is 8.02. The van der Waals surface area contributed by atoms with E-state index in [2.05, 4.69) is 22.3 Å². The van der Waals surface area contributed by atoms with Crippen molar-refractivity contribution in [3.05, 3.63) is 60.2 Å². The normalized spacial score (nSPS) is 18.7. The van der Waals surface area contributed by atoms with E-state index in [9.17, 15) is 14.4 Å². The van der Waals surface area contributed by atoms with Gasteiger partial charge in [0.2, 0.25) is 5.91 Å². The standard InChI is InChI=1S/C24H28N4O4/c1-32-20-9-7-18(8-10-20)17-28-23(30)21(25-24(28)31)11-12-22(29)27-15-13-26(14-16-27)19-5-3-2-4-6-19/h2-10,21H,11-17H2,1H3,(H,25,31)/t21-/m1/s1. The van der Waals surface area contributed by atoms with Gasteiger partial charge in [-0.1, -0.05) is 30.3 Å². The van der Waals surface area contributed by atoms with Crippen molar-refractivity contribution in [3.8, 4) is 5.75 Å². The highest BCUT2D eigenvalue weighted by atomic mass is 16.5. The van der Waals surface area contributed by atoms with Gasteiger partial charge in [-0.3, -0.25) is 14.5 Å². The summed E-state index contributed by atoms with van der Waals surface area (Å²) >= 11 is 0. The zero-order valence-electron chi connectivity index (χ0n) is 18.2. The molecule has 2 heterocycles. The quantitative estimate of drug-likeness (QED) is 0.674. The lowest BCUT2D eigenvalue weighted by atomic mass is 10.1. The number of imide groups is 1. The van der Waals surface area contributed by atoms with Crippen LogP contribution in [0.4, 0.5) is 10.5 Å². The first-order valence-corrected chi connectivity index (χ1v) is 10.9. The molecule has 2 aliphatic rings. The first-order valence-electron chi connectivity index (χ1n) is 10.9. The van der Waals surface area contributed by atoms with Crippen LogP contribution < -0.4 is 15.0 Å². The van der Waals surface area contributed by atoms with Crippen LogP contribution in [0.3, 0.4) is 0 Å². The van der Waals surface area contributed by atoms with Crippen LogP contribution in [0.25, 0.3) is 0 Å². The van der Waals surface area contributed by atoms with Crippen molar-refractivity contribution in [2.24, 2.45) is 0 Å². The molecule has 0 bridgehead atoms. The van der Waals surface area contributed by atoms with Crippen LogP contribution in [-0.2, 0) is 16.1 Å². The van der Waals surface area contributed by atoms with Crippen LogP contribution in [-0.4, -0.2) is 67.0 Å². The molecule has 2 aromatic carbocycles. The number of ether oxygens (including phenoxy) is 1. The molecule has 168 valence electrons. The number of nitrogens with one attached hydrogen (secondary N) is 1. The number of carbonyl (C=O) groups excluding carboxylic acids is 3. The van der Waals surface area contributed by atoms with E-state index in [1.165, 1.54) is 4.90 Å². The second-order valence-electron chi connectivity index (χ2n) is 8.02. The topological polar surface area (TPSA) is 82.2 Å². The molecule has 4 amide bonds. The Morgan fingerprint density at radius 3 is 2.34 bits per heavy atom. The Labute approximate surface area is 187 Å². The Hall–Kier alpha value is -3.55. The average Bonchev–Trinajstić information content (AvgIpc) is 3.11. The van der Waals surface area contributed by atoms with Crippen LogP contribution in [0, 0.1) is 0 Å². The van der Waals surface area contributed by atoms with E-state index in [-0.39, 0.29) is 24.8 Å². The minimum Gasteiger partial charge on any atom is -0.497 e. The Morgan fingerprint density at radius 2 is 1.69 bits per heavy atom. The number of para-hydroxylation sites is 1.